The summed E-state index contributed by atoms with van der Waals surface area (Å²) in [5.74, 6) is 2.10. The van der Waals surface area contributed by atoms with Crippen molar-refractivity contribution < 1.29 is 28.5 Å². The second kappa shape index (κ2) is 25.3. The van der Waals surface area contributed by atoms with Gasteiger partial charge in [0.2, 0.25) is 0 Å². The molecule has 0 atom stereocenters. The van der Waals surface area contributed by atoms with Gasteiger partial charge in [-0.15, -0.1) is 0 Å². The third-order valence-electron chi connectivity index (χ3n) is 16.3. The number of rotatable bonds is 4. The predicted octanol–water partition coefficient (Wildman–Crippen LogP) is 12.6. The Morgan fingerprint density at radius 1 is 0.375 bits per heavy atom. The minimum atomic E-state index is -2.58. The summed E-state index contributed by atoms with van der Waals surface area (Å²) >= 11 is -5.17. The summed E-state index contributed by atoms with van der Waals surface area (Å²) in [4.78, 5) is 28.5. The summed E-state index contributed by atoms with van der Waals surface area (Å²) in [5, 5.41) is 7.21. The van der Waals surface area contributed by atoms with E-state index in [4.69, 9.17) is 18.9 Å². The zero-order valence-corrected chi connectivity index (χ0v) is 41.3. The summed E-state index contributed by atoms with van der Waals surface area (Å²) in [6, 6.07) is 0. The second-order valence-corrected chi connectivity index (χ2v) is 40.1. The molecule has 7 aliphatic heterocycles. The van der Waals surface area contributed by atoms with E-state index < -0.39 is 26.5 Å². The van der Waals surface area contributed by atoms with E-state index in [2.05, 4.69) is 27.7 Å². The van der Waals surface area contributed by atoms with E-state index in [9.17, 15) is 9.59 Å². The van der Waals surface area contributed by atoms with Crippen molar-refractivity contribution in [1.29, 1.82) is 0 Å². The van der Waals surface area contributed by atoms with E-state index in [-0.39, 0.29) is 0 Å². The van der Waals surface area contributed by atoms with Crippen molar-refractivity contribution in [3.8, 4) is 0 Å². The molecule has 0 aromatic heterocycles. The van der Waals surface area contributed by atoms with Gasteiger partial charge in [-0.25, -0.2) is 0 Å². The van der Waals surface area contributed by atoms with Gasteiger partial charge in [-0.2, -0.15) is 0 Å². The fraction of sp³-hybridized carbons (Fsp3) is 0.958. The zero-order chi connectivity index (χ0) is 39.6. The van der Waals surface area contributed by atoms with Gasteiger partial charge in [-0.3, -0.25) is 0 Å². The summed E-state index contributed by atoms with van der Waals surface area (Å²) in [7, 11) is 0. The van der Waals surface area contributed by atoms with Crippen molar-refractivity contribution in [1.82, 2.24) is 0 Å². The average molecular weight is 906 g/mol. The average Bonchev–Trinajstić information content (AvgIpc) is 3.24. The molecule has 0 spiro atoms. The van der Waals surface area contributed by atoms with E-state index in [1.165, 1.54) is 109 Å². The normalized spacial score (nSPS) is 35.9. The van der Waals surface area contributed by atoms with Crippen LogP contribution in [0.4, 0.5) is 0 Å². The Bertz CT molecular complexity index is 1010. The van der Waals surface area contributed by atoms with Crippen LogP contribution in [0.2, 0.25) is 31.5 Å². The molecule has 0 radical (unpaired) electrons. The standard InChI is InChI=1S/C48H88Ge2O6/c1-5-49(6-2)37-39-17-25-43(26-18-39)53-33-13-9-10-14-34-54-44-27-19-40(20-28-44)38-50(7-3,8-4)48(52)42-23-31-46(32-24-42)56-36-16-12-11-15-35-55-45-29-21-41(22-30-45)47(49)51/h39-46H,5-38H2,1-4H3. The van der Waals surface area contributed by atoms with Crippen LogP contribution in [0.25, 0.3) is 0 Å². The summed E-state index contributed by atoms with van der Waals surface area (Å²) in [6.07, 6.45) is 29.3. The fourth-order valence-corrected chi connectivity index (χ4v) is 31.5. The maximum atomic E-state index is 14.3. The van der Waals surface area contributed by atoms with Crippen LogP contribution in [0.5, 0.6) is 0 Å². The van der Waals surface area contributed by atoms with E-state index >= 15 is 0 Å². The van der Waals surface area contributed by atoms with Crippen LogP contribution in [0.15, 0.2) is 0 Å². The summed E-state index contributed by atoms with van der Waals surface area (Å²) < 4.78 is 27.1. The van der Waals surface area contributed by atoms with Crippen LogP contribution in [-0.4, -0.2) is 86.6 Å². The Morgan fingerprint density at radius 3 is 0.875 bits per heavy atom. The van der Waals surface area contributed by atoms with E-state index in [0.29, 0.717) is 36.3 Å². The Labute approximate surface area is 350 Å². The summed E-state index contributed by atoms with van der Waals surface area (Å²) in [5.41, 5.74) is 0. The minimum absolute atomic E-state index is 0.307. The van der Waals surface area contributed by atoms with Gasteiger partial charge in [0, 0.05) is 0 Å². The van der Waals surface area contributed by atoms with Crippen LogP contribution >= 0.6 is 0 Å². The SMILES string of the molecule is C[CH2][Ge]1([CH2]C)[CH2]C2CCC(CC2)OCCCCCCOC2CCC(CC2)[CH2][Ge]([CH2]C)([CH2]C)[C](=O)C2CCC(CC2)OCCCCCCOC2CCC(CC2)[C]1=O. The number of carbonyl (C=O) groups excluding carboxylic acids is 2. The molecule has 7 saturated heterocycles. The van der Waals surface area contributed by atoms with Gasteiger partial charge in [0.1, 0.15) is 0 Å². The van der Waals surface area contributed by atoms with Gasteiger partial charge in [0.15, 0.2) is 0 Å². The molecule has 11 rings (SSSR count). The molecule has 11 fully saturated rings. The Morgan fingerprint density at radius 2 is 0.625 bits per heavy atom. The first-order valence-corrected chi connectivity index (χ1v) is 35.9. The van der Waals surface area contributed by atoms with Gasteiger partial charge in [0.25, 0.3) is 0 Å². The maximum absolute atomic E-state index is 14.3. The van der Waals surface area contributed by atoms with Gasteiger partial charge >= 0.3 is 352 Å². The van der Waals surface area contributed by atoms with Gasteiger partial charge < -0.3 is 0 Å². The van der Waals surface area contributed by atoms with Crippen molar-refractivity contribution in [2.24, 2.45) is 23.7 Å². The molecule has 4 aliphatic carbocycles. The third-order valence-corrected chi connectivity index (χ3v) is 39.4. The second-order valence-electron chi connectivity index (χ2n) is 19.7. The molecule has 6 nitrogen and oxygen atoms in total. The van der Waals surface area contributed by atoms with Gasteiger partial charge in [0.05, 0.1) is 0 Å². The third kappa shape index (κ3) is 14.2. The first kappa shape index (κ1) is 47.3. The predicted molar refractivity (Wildman–Crippen MR) is 237 cm³/mol. The van der Waals surface area contributed by atoms with Crippen molar-refractivity contribution in [3.05, 3.63) is 0 Å². The number of ether oxygens (including phenoxy) is 4. The molecule has 4 saturated carbocycles. The zero-order valence-electron chi connectivity index (χ0n) is 37.1. The molecule has 0 N–H and O–H groups in total. The number of carbonyl (C=O) groups is 2. The van der Waals surface area contributed by atoms with E-state index in [1.54, 1.807) is 0 Å². The molecular formula is C48H88Ge2O6. The van der Waals surface area contributed by atoms with Crippen molar-refractivity contribution in [3.63, 3.8) is 0 Å². The van der Waals surface area contributed by atoms with Crippen molar-refractivity contribution in [2.45, 2.75) is 238 Å². The van der Waals surface area contributed by atoms with Crippen molar-refractivity contribution in [2.75, 3.05) is 26.4 Å². The molecule has 8 heteroatoms. The number of hydrogen-bond acceptors (Lipinski definition) is 6. The molecule has 0 aromatic rings. The molecule has 0 amide bonds. The Balaban J connectivity index is 1.09. The molecular weight excluding hydrogens is 818 g/mol. The molecule has 324 valence electrons. The van der Waals surface area contributed by atoms with Crippen molar-refractivity contribution >= 4 is 35.8 Å². The molecule has 8 bridgehead atoms. The summed E-state index contributed by atoms with van der Waals surface area (Å²) in [6.45, 7) is 12.9. The molecule has 0 unspecified atom stereocenters. The number of hydrogen-bond donors (Lipinski definition) is 0. The molecule has 56 heavy (non-hydrogen) atoms. The Kier molecular flexibility index (Phi) is 21.3. The molecule has 11 aliphatic rings. The van der Waals surface area contributed by atoms with Crippen LogP contribution in [0.1, 0.15) is 182 Å². The van der Waals surface area contributed by atoms with Crippen LogP contribution in [0.3, 0.4) is 0 Å². The van der Waals surface area contributed by atoms with Gasteiger partial charge in [-0.1, -0.05) is 0 Å². The molecule has 7 heterocycles. The fourth-order valence-electron chi connectivity index (χ4n) is 12.1. The first-order valence-electron chi connectivity index (χ1n) is 24.9. The quantitative estimate of drug-likeness (QED) is 0.262. The first-order chi connectivity index (χ1) is 27.3. The Hall–Kier alpha value is 0.266. The topological polar surface area (TPSA) is 71.1 Å². The molecule has 0 aromatic carbocycles. The monoisotopic (exact) mass is 909 g/mol. The van der Waals surface area contributed by atoms with E-state index in [1.807, 2.05) is 0 Å². The van der Waals surface area contributed by atoms with Gasteiger partial charge in [-0.05, 0) is 0 Å². The van der Waals surface area contributed by atoms with Crippen LogP contribution < -0.4 is 0 Å². The van der Waals surface area contributed by atoms with Crippen LogP contribution in [0, 0.1) is 23.7 Å². The van der Waals surface area contributed by atoms with Crippen LogP contribution in [-0.2, 0) is 28.5 Å². The van der Waals surface area contributed by atoms with E-state index in [0.717, 1.165) is 125 Å².